The summed E-state index contributed by atoms with van der Waals surface area (Å²) in [6.07, 6.45) is -3.26. The molecule has 0 bridgehead atoms. The van der Waals surface area contributed by atoms with Crippen LogP contribution in [0.2, 0.25) is 0 Å². The Morgan fingerprint density at radius 3 is 1.07 bits per heavy atom. The maximum atomic E-state index is 13.3. The Labute approximate surface area is 147 Å². The first-order chi connectivity index (χ1) is 12.4. The minimum atomic E-state index is -8.52. The Morgan fingerprint density at radius 2 is 0.793 bits per heavy atom. The van der Waals surface area contributed by atoms with E-state index in [1.54, 1.807) is 0 Å². The second kappa shape index (κ2) is 6.38. The SMILES string of the molecule is FCC(F)(F)C(F)(F)C(F)(F)C(F)(F)C(F)(F)C(F)(F)C(F)(F)C(F)(F)C1CO1. The maximum absolute atomic E-state index is 13.3. The van der Waals surface area contributed by atoms with Crippen molar-refractivity contribution in [3.63, 3.8) is 0 Å². The van der Waals surface area contributed by atoms with E-state index in [1.165, 1.54) is 0 Å². The number of hydrogen-bond acceptors (Lipinski definition) is 1. The predicted octanol–water partition coefficient (Wildman–Crippen LogP) is 5.44. The van der Waals surface area contributed by atoms with Crippen LogP contribution in [0.5, 0.6) is 0 Å². The van der Waals surface area contributed by atoms with Crippen molar-refractivity contribution in [3.05, 3.63) is 0 Å². The number of hydrogen-bond donors (Lipinski definition) is 0. The molecular formula is C11H5F17O. The average molecular weight is 476 g/mol. The van der Waals surface area contributed by atoms with Crippen LogP contribution in [0, 0.1) is 0 Å². The second-order valence-corrected chi connectivity index (χ2v) is 5.73. The molecule has 1 heterocycles. The van der Waals surface area contributed by atoms with Crippen molar-refractivity contribution in [2.75, 3.05) is 13.3 Å². The first-order valence-electron chi connectivity index (χ1n) is 6.62. The van der Waals surface area contributed by atoms with Crippen molar-refractivity contribution in [1.82, 2.24) is 0 Å². The van der Waals surface area contributed by atoms with Gasteiger partial charge in [-0.15, -0.1) is 0 Å². The summed E-state index contributed by atoms with van der Waals surface area (Å²) in [4.78, 5) is 0. The van der Waals surface area contributed by atoms with Gasteiger partial charge in [0.1, 0.15) is 0 Å². The van der Waals surface area contributed by atoms with Crippen molar-refractivity contribution in [2.24, 2.45) is 0 Å². The zero-order chi connectivity index (χ0) is 23.7. The molecule has 0 aromatic rings. The minimum Gasteiger partial charge on any atom is -0.366 e. The zero-order valence-corrected chi connectivity index (χ0v) is 12.8. The smallest absolute Gasteiger partial charge is 0.366 e. The molecule has 1 aliphatic heterocycles. The molecule has 1 saturated heterocycles. The van der Waals surface area contributed by atoms with Gasteiger partial charge in [0.2, 0.25) is 0 Å². The monoisotopic (exact) mass is 476 g/mol. The number of ether oxygens (including phenoxy) is 1. The summed E-state index contributed by atoms with van der Waals surface area (Å²) in [7, 11) is 0. The Bertz CT molecular complexity index is 619. The van der Waals surface area contributed by atoms with Crippen LogP contribution in [0.25, 0.3) is 0 Å². The highest BCUT2D eigenvalue weighted by molar-refractivity contribution is 5.17. The molecule has 0 amide bonds. The van der Waals surface area contributed by atoms with Crippen molar-refractivity contribution < 1.29 is 79.4 Å². The van der Waals surface area contributed by atoms with E-state index in [9.17, 15) is 74.6 Å². The topological polar surface area (TPSA) is 12.5 Å². The molecule has 0 aliphatic carbocycles. The molecule has 1 rings (SSSR count). The third-order valence-electron chi connectivity index (χ3n) is 3.76. The van der Waals surface area contributed by atoms with E-state index in [4.69, 9.17) is 0 Å². The summed E-state index contributed by atoms with van der Waals surface area (Å²) < 4.78 is 225. The molecule has 1 aliphatic rings. The van der Waals surface area contributed by atoms with Crippen LogP contribution in [-0.2, 0) is 4.74 Å². The van der Waals surface area contributed by atoms with Gasteiger partial charge in [0.05, 0.1) is 6.61 Å². The Kier molecular flexibility index (Phi) is 5.68. The van der Waals surface area contributed by atoms with Crippen molar-refractivity contribution >= 4 is 0 Å². The predicted molar refractivity (Wildman–Crippen MR) is 55.3 cm³/mol. The largest absolute Gasteiger partial charge is 0.385 e. The summed E-state index contributed by atoms with van der Waals surface area (Å²) in [5, 5.41) is 0. The molecule has 0 saturated carbocycles. The fourth-order valence-corrected chi connectivity index (χ4v) is 1.77. The lowest BCUT2D eigenvalue weighted by molar-refractivity contribution is -0.454. The van der Waals surface area contributed by atoms with Gasteiger partial charge in [0.15, 0.2) is 12.8 Å². The van der Waals surface area contributed by atoms with E-state index in [-0.39, 0.29) is 0 Å². The molecule has 0 N–H and O–H groups in total. The maximum Gasteiger partial charge on any atom is 0.385 e. The number of epoxide rings is 1. The summed E-state index contributed by atoms with van der Waals surface area (Å²) in [6.45, 7) is -5.39. The average Bonchev–Trinajstić information content (AvgIpc) is 3.38. The number of rotatable bonds is 9. The number of halogens is 17. The fraction of sp³-hybridized carbons (Fsp3) is 1.00. The number of alkyl halides is 17. The van der Waals surface area contributed by atoms with E-state index in [0.717, 1.165) is 0 Å². The normalized spacial score (nSPS) is 20.8. The van der Waals surface area contributed by atoms with Crippen molar-refractivity contribution in [1.29, 1.82) is 0 Å². The molecule has 1 fully saturated rings. The van der Waals surface area contributed by atoms with Crippen LogP contribution in [-0.4, -0.2) is 66.8 Å². The van der Waals surface area contributed by atoms with Gasteiger partial charge >= 0.3 is 47.4 Å². The molecule has 18 heteroatoms. The van der Waals surface area contributed by atoms with Crippen LogP contribution < -0.4 is 0 Å². The quantitative estimate of drug-likeness (QED) is 0.319. The van der Waals surface area contributed by atoms with Crippen LogP contribution in [0.3, 0.4) is 0 Å². The zero-order valence-electron chi connectivity index (χ0n) is 12.8. The molecule has 0 spiro atoms. The molecule has 0 radical (unpaired) electrons. The Morgan fingerprint density at radius 1 is 0.517 bits per heavy atom. The van der Waals surface area contributed by atoms with Gasteiger partial charge in [-0.1, -0.05) is 0 Å². The van der Waals surface area contributed by atoms with Gasteiger partial charge in [-0.3, -0.25) is 0 Å². The Balaban J connectivity index is 3.59. The Hall–Kier alpha value is -1.23. The summed E-state index contributed by atoms with van der Waals surface area (Å²) in [5.41, 5.74) is 0. The van der Waals surface area contributed by atoms with Crippen LogP contribution in [0.1, 0.15) is 0 Å². The minimum absolute atomic E-state index is 1.49. The van der Waals surface area contributed by atoms with Crippen LogP contribution in [0.4, 0.5) is 74.6 Å². The molecule has 1 unspecified atom stereocenters. The third kappa shape index (κ3) is 3.02. The summed E-state index contributed by atoms with van der Waals surface area (Å²) in [6, 6.07) is 0. The molecule has 1 atom stereocenters. The van der Waals surface area contributed by atoms with Gasteiger partial charge in [0.25, 0.3) is 0 Å². The summed E-state index contributed by atoms with van der Waals surface area (Å²) >= 11 is 0. The van der Waals surface area contributed by atoms with Gasteiger partial charge in [-0.05, 0) is 0 Å². The van der Waals surface area contributed by atoms with E-state index in [0.29, 0.717) is 0 Å². The second-order valence-electron chi connectivity index (χ2n) is 5.73. The molecule has 0 aromatic heterocycles. The highest BCUT2D eigenvalue weighted by atomic mass is 19.4. The molecular weight excluding hydrogens is 471 g/mol. The first-order valence-corrected chi connectivity index (χ1v) is 6.62. The molecule has 174 valence electrons. The van der Waals surface area contributed by atoms with E-state index < -0.39 is 66.8 Å². The highest BCUT2D eigenvalue weighted by Gasteiger charge is 2.95. The lowest BCUT2D eigenvalue weighted by Gasteiger charge is -2.43. The van der Waals surface area contributed by atoms with Crippen molar-refractivity contribution in [2.45, 2.75) is 53.5 Å². The first kappa shape index (κ1) is 25.8. The van der Waals surface area contributed by atoms with E-state index >= 15 is 0 Å². The lowest BCUT2D eigenvalue weighted by Crippen LogP contribution is -2.75. The van der Waals surface area contributed by atoms with Crippen molar-refractivity contribution in [3.8, 4) is 0 Å². The molecule has 1 nitrogen and oxygen atoms in total. The van der Waals surface area contributed by atoms with Gasteiger partial charge < -0.3 is 4.74 Å². The van der Waals surface area contributed by atoms with Gasteiger partial charge in [0, 0.05) is 0 Å². The lowest BCUT2D eigenvalue weighted by atomic mass is 9.87. The summed E-state index contributed by atoms with van der Waals surface area (Å²) in [5.74, 6) is -62.3. The van der Waals surface area contributed by atoms with Gasteiger partial charge in [-0.2, -0.15) is 70.2 Å². The molecule has 29 heavy (non-hydrogen) atoms. The van der Waals surface area contributed by atoms with Gasteiger partial charge in [-0.25, -0.2) is 4.39 Å². The van der Waals surface area contributed by atoms with E-state index in [1.807, 2.05) is 0 Å². The highest BCUT2D eigenvalue weighted by Crippen LogP contribution is 2.64. The fourth-order valence-electron chi connectivity index (χ4n) is 1.77. The standard InChI is InChI=1S/C11H5F17O/c12-2-4(13,14)6(17,18)8(21,22)10(25,26)11(27,28)9(23,24)7(19,20)5(15,16)3-1-29-3/h3H,1-2H2. The van der Waals surface area contributed by atoms with Crippen LogP contribution in [0.15, 0.2) is 0 Å². The van der Waals surface area contributed by atoms with Crippen LogP contribution >= 0.6 is 0 Å². The van der Waals surface area contributed by atoms with E-state index in [2.05, 4.69) is 4.74 Å². The molecule has 0 aromatic carbocycles. The third-order valence-corrected chi connectivity index (χ3v) is 3.76.